The van der Waals surface area contributed by atoms with Crippen LogP contribution in [-0.4, -0.2) is 65.7 Å². The van der Waals surface area contributed by atoms with Gasteiger partial charge in [-0.2, -0.15) is 0 Å². The molecule has 5 rings (SSSR count). The summed E-state index contributed by atoms with van der Waals surface area (Å²) in [6.45, 7) is 2.32. The zero-order valence-corrected chi connectivity index (χ0v) is 20.4. The van der Waals surface area contributed by atoms with Crippen molar-refractivity contribution in [2.24, 2.45) is 0 Å². The molecule has 184 valence electrons. The molecule has 0 radical (unpaired) electrons. The number of rotatable bonds is 5. The van der Waals surface area contributed by atoms with Gasteiger partial charge < -0.3 is 18.9 Å². The van der Waals surface area contributed by atoms with Gasteiger partial charge in [0.05, 0.1) is 26.0 Å². The van der Waals surface area contributed by atoms with Crippen LogP contribution in [0.1, 0.15) is 5.56 Å². The summed E-state index contributed by atoms with van der Waals surface area (Å²) in [4.78, 5) is 42.2. The molecular formula is C26H24N4O5S. The number of nitrogens with zero attached hydrogens (tertiary/aromatic N) is 3. The van der Waals surface area contributed by atoms with Crippen molar-refractivity contribution in [1.82, 2.24) is 14.8 Å². The molecule has 2 aliphatic rings. The van der Waals surface area contributed by atoms with Crippen LogP contribution in [0.5, 0.6) is 5.75 Å². The average molecular weight is 505 g/mol. The number of anilines is 1. The molecular weight excluding hydrogens is 480 g/mol. The summed E-state index contributed by atoms with van der Waals surface area (Å²) in [7, 11) is 1.55. The molecule has 36 heavy (non-hydrogen) atoms. The van der Waals surface area contributed by atoms with Gasteiger partial charge >= 0.3 is 0 Å². The number of nitrogens with one attached hydrogen (secondary N) is 1. The van der Waals surface area contributed by atoms with Crippen LogP contribution in [0.25, 0.3) is 17.0 Å². The Labute approximate surface area is 212 Å². The van der Waals surface area contributed by atoms with Crippen molar-refractivity contribution >= 4 is 57.7 Å². The maximum atomic E-state index is 13.4. The molecule has 1 N–H and O–H groups in total. The summed E-state index contributed by atoms with van der Waals surface area (Å²) >= 11 is 5.29. The van der Waals surface area contributed by atoms with Crippen LogP contribution in [0.15, 0.2) is 60.3 Å². The fourth-order valence-corrected chi connectivity index (χ4v) is 4.64. The lowest BCUT2D eigenvalue weighted by atomic mass is 10.1. The maximum absolute atomic E-state index is 13.4. The minimum Gasteiger partial charge on any atom is -0.497 e. The van der Waals surface area contributed by atoms with E-state index in [-0.39, 0.29) is 23.1 Å². The number of methoxy groups -OCH3 is 1. The number of aromatic nitrogens is 1. The van der Waals surface area contributed by atoms with Crippen LogP contribution in [0.4, 0.5) is 5.69 Å². The highest BCUT2D eigenvalue weighted by molar-refractivity contribution is 7.80. The van der Waals surface area contributed by atoms with E-state index in [1.54, 1.807) is 48.5 Å². The number of hydrogen-bond acceptors (Lipinski definition) is 6. The molecule has 9 nitrogen and oxygen atoms in total. The third-order valence-corrected chi connectivity index (χ3v) is 6.51. The SMILES string of the molecule is COc1ccc(N2C(=O)/C(=C\c3cn(CC(=O)N4CCOCC4)c4ccccc34)C(=O)NC2=S)cc1. The molecule has 2 saturated heterocycles. The minimum absolute atomic E-state index is 0.00542. The van der Waals surface area contributed by atoms with E-state index in [0.29, 0.717) is 43.3 Å². The van der Waals surface area contributed by atoms with Crippen molar-refractivity contribution in [3.05, 3.63) is 65.9 Å². The number of thiocarbonyl (C=S) groups is 1. The standard InChI is InChI=1S/C26H24N4O5S/c1-34-19-8-6-18(7-9-19)30-25(33)21(24(32)27-26(30)36)14-17-15-29(22-5-3-2-4-20(17)22)16-23(31)28-10-12-35-13-11-28/h2-9,14-15H,10-13,16H2,1H3,(H,27,32,36)/b21-14-. The van der Waals surface area contributed by atoms with Gasteiger partial charge in [0, 0.05) is 35.8 Å². The van der Waals surface area contributed by atoms with Crippen molar-refractivity contribution in [3.63, 3.8) is 0 Å². The molecule has 2 aromatic carbocycles. The second-order valence-electron chi connectivity index (χ2n) is 8.38. The first kappa shape index (κ1) is 23.7. The Hall–Kier alpha value is -4.02. The summed E-state index contributed by atoms with van der Waals surface area (Å²) in [5.41, 5.74) is 1.94. The van der Waals surface area contributed by atoms with Crippen LogP contribution >= 0.6 is 12.2 Å². The number of benzene rings is 2. The van der Waals surface area contributed by atoms with Crippen LogP contribution in [0, 0.1) is 0 Å². The van der Waals surface area contributed by atoms with E-state index in [1.165, 1.54) is 4.90 Å². The van der Waals surface area contributed by atoms with Crippen molar-refractivity contribution in [2.45, 2.75) is 6.54 Å². The summed E-state index contributed by atoms with van der Waals surface area (Å²) in [6.07, 6.45) is 3.34. The lowest BCUT2D eigenvalue weighted by Gasteiger charge is -2.29. The van der Waals surface area contributed by atoms with Crippen molar-refractivity contribution in [1.29, 1.82) is 0 Å². The van der Waals surface area contributed by atoms with Crippen LogP contribution in [0.2, 0.25) is 0 Å². The summed E-state index contributed by atoms with van der Waals surface area (Å²) in [5, 5.41) is 3.43. The molecule has 10 heteroatoms. The first-order valence-electron chi connectivity index (χ1n) is 11.4. The van der Waals surface area contributed by atoms with E-state index in [0.717, 1.165) is 10.9 Å². The Morgan fingerprint density at radius 1 is 1.11 bits per heavy atom. The summed E-state index contributed by atoms with van der Waals surface area (Å²) < 4.78 is 12.4. The monoisotopic (exact) mass is 504 g/mol. The Kier molecular flexibility index (Phi) is 6.53. The van der Waals surface area contributed by atoms with E-state index in [9.17, 15) is 14.4 Å². The summed E-state index contributed by atoms with van der Waals surface area (Å²) in [6, 6.07) is 14.4. The molecule has 1 aromatic heterocycles. The van der Waals surface area contributed by atoms with Gasteiger partial charge in [0.25, 0.3) is 11.8 Å². The zero-order chi connectivity index (χ0) is 25.2. The van der Waals surface area contributed by atoms with Gasteiger partial charge in [-0.05, 0) is 48.6 Å². The first-order chi connectivity index (χ1) is 17.5. The Morgan fingerprint density at radius 2 is 1.83 bits per heavy atom. The highest BCUT2D eigenvalue weighted by atomic mass is 32.1. The number of carbonyl (C=O) groups is 3. The molecule has 0 atom stereocenters. The van der Waals surface area contributed by atoms with Crippen molar-refractivity contribution in [3.8, 4) is 5.75 Å². The Morgan fingerprint density at radius 3 is 2.56 bits per heavy atom. The molecule has 2 aliphatic heterocycles. The number of fused-ring (bicyclic) bond motifs is 1. The third-order valence-electron chi connectivity index (χ3n) is 6.22. The highest BCUT2D eigenvalue weighted by Gasteiger charge is 2.34. The second-order valence-corrected chi connectivity index (χ2v) is 8.77. The molecule has 3 amide bonds. The first-order valence-corrected chi connectivity index (χ1v) is 11.9. The topological polar surface area (TPSA) is 93.1 Å². The predicted octanol–water partition coefficient (Wildman–Crippen LogP) is 2.34. The number of morpholine rings is 1. The van der Waals surface area contributed by atoms with Gasteiger partial charge in [0.2, 0.25) is 5.91 Å². The number of carbonyl (C=O) groups excluding carboxylic acids is 3. The zero-order valence-electron chi connectivity index (χ0n) is 19.6. The summed E-state index contributed by atoms with van der Waals surface area (Å²) in [5.74, 6) is -0.486. The number of hydrogen-bond donors (Lipinski definition) is 1. The third kappa shape index (κ3) is 4.48. The molecule has 3 heterocycles. The van der Waals surface area contributed by atoms with E-state index < -0.39 is 11.8 Å². The van der Waals surface area contributed by atoms with E-state index in [2.05, 4.69) is 5.32 Å². The van der Waals surface area contributed by atoms with Crippen LogP contribution < -0.4 is 15.0 Å². The van der Waals surface area contributed by atoms with Gasteiger partial charge in [-0.25, -0.2) is 0 Å². The molecule has 2 fully saturated rings. The molecule has 0 spiro atoms. The number of para-hydroxylation sites is 1. The lowest BCUT2D eigenvalue weighted by Crippen LogP contribution is -2.54. The Bertz CT molecular complexity index is 1390. The number of ether oxygens (including phenoxy) is 2. The van der Waals surface area contributed by atoms with Gasteiger partial charge in [0.1, 0.15) is 17.9 Å². The normalized spacial score (nSPS) is 17.6. The van der Waals surface area contributed by atoms with Gasteiger partial charge in [-0.1, -0.05) is 18.2 Å². The fraction of sp³-hybridized carbons (Fsp3) is 0.231. The van der Waals surface area contributed by atoms with E-state index in [1.807, 2.05) is 28.8 Å². The quantitative estimate of drug-likeness (QED) is 0.326. The van der Waals surface area contributed by atoms with Gasteiger partial charge in [-0.3, -0.25) is 24.6 Å². The highest BCUT2D eigenvalue weighted by Crippen LogP contribution is 2.27. The second kappa shape index (κ2) is 9.92. The molecule has 0 bridgehead atoms. The average Bonchev–Trinajstić information content (AvgIpc) is 3.24. The van der Waals surface area contributed by atoms with E-state index in [4.69, 9.17) is 21.7 Å². The molecule has 0 saturated carbocycles. The van der Waals surface area contributed by atoms with Crippen LogP contribution in [-0.2, 0) is 25.7 Å². The number of amides is 3. The lowest BCUT2D eigenvalue weighted by molar-refractivity contribution is -0.135. The van der Waals surface area contributed by atoms with Crippen LogP contribution in [0.3, 0.4) is 0 Å². The maximum Gasteiger partial charge on any atom is 0.270 e. The largest absolute Gasteiger partial charge is 0.497 e. The molecule has 0 unspecified atom stereocenters. The van der Waals surface area contributed by atoms with Crippen molar-refractivity contribution in [2.75, 3.05) is 38.3 Å². The fourth-order valence-electron chi connectivity index (χ4n) is 4.36. The van der Waals surface area contributed by atoms with E-state index >= 15 is 0 Å². The van der Waals surface area contributed by atoms with Gasteiger partial charge in [-0.15, -0.1) is 0 Å². The Balaban J connectivity index is 1.49. The smallest absolute Gasteiger partial charge is 0.270 e. The minimum atomic E-state index is -0.573. The van der Waals surface area contributed by atoms with Crippen molar-refractivity contribution < 1.29 is 23.9 Å². The van der Waals surface area contributed by atoms with Gasteiger partial charge in [0.15, 0.2) is 5.11 Å². The predicted molar refractivity (Wildman–Crippen MR) is 139 cm³/mol. The molecule has 3 aromatic rings. The molecule has 0 aliphatic carbocycles.